The number of phenols is 1. The number of benzene rings is 2. The lowest BCUT2D eigenvalue weighted by atomic mass is 9.99. The number of alkyl carbamates (subject to hydrolysis) is 1. The summed E-state index contributed by atoms with van der Waals surface area (Å²) in [6.07, 6.45) is -0.152. The van der Waals surface area contributed by atoms with Crippen molar-refractivity contribution in [3.63, 3.8) is 0 Å². The Bertz CT molecular complexity index is 1250. The summed E-state index contributed by atoms with van der Waals surface area (Å²) in [5.74, 6) is -1.99. The number of phenolic OH excluding ortho intramolecular Hbond substituents is 1. The first-order valence-electron chi connectivity index (χ1n) is 12.6. The first-order chi connectivity index (χ1) is 18.2. The molecule has 4 amide bonds. The number of para-hydroxylation sites is 1. The number of anilines is 1. The zero-order valence-corrected chi connectivity index (χ0v) is 23.5. The minimum Gasteiger partial charge on any atom is -0.508 e. The van der Waals surface area contributed by atoms with E-state index in [0.717, 1.165) is 5.56 Å². The van der Waals surface area contributed by atoms with Crippen LogP contribution in [0.2, 0.25) is 5.02 Å². The van der Waals surface area contributed by atoms with Crippen LogP contribution in [0.4, 0.5) is 10.5 Å². The van der Waals surface area contributed by atoms with Crippen LogP contribution in [0.15, 0.2) is 36.4 Å². The summed E-state index contributed by atoms with van der Waals surface area (Å²) in [5, 5.41) is 15.7. The number of hydrogen-bond acceptors (Lipinski definition) is 6. The Balaban J connectivity index is 2.05. The van der Waals surface area contributed by atoms with Gasteiger partial charge in [0.1, 0.15) is 23.4 Å². The molecule has 0 heterocycles. The Morgan fingerprint density at radius 2 is 1.79 bits per heavy atom. The van der Waals surface area contributed by atoms with Gasteiger partial charge in [-0.15, -0.1) is 0 Å². The molecule has 11 heteroatoms. The van der Waals surface area contributed by atoms with Gasteiger partial charge < -0.3 is 31.1 Å². The van der Waals surface area contributed by atoms with Crippen LogP contribution in [0.3, 0.4) is 0 Å². The lowest BCUT2D eigenvalue weighted by Gasteiger charge is -2.34. The number of nitrogens with zero attached hydrogens (tertiary/aromatic N) is 1. The Morgan fingerprint density at radius 1 is 1.13 bits per heavy atom. The van der Waals surface area contributed by atoms with Crippen molar-refractivity contribution in [1.82, 2.24) is 10.2 Å². The van der Waals surface area contributed by atoms with E-state index in [0.29, 0.717) is 34.7 Å². The molecule has 39 heavy (non-hydrogen) atoms. The number of rotatable bonds is 9. The molecular weight excluding hydrogens is 524 g/mol. The van der Waals surface area contributed by atoms with Gasteiger partial charge in [0.05, 0.1) is 17.1 Å². The van der Waals surface area contributed by atoms with Crippen LogP contribution in [0, 0.1) is 13.8 Å². The third-order valence-corrected chi connectivity index (χ3v) is 6.44. The lowest BCUT2D eigenvalue weighted by molar-refractivity contribution is -0.142. The number of nitrogens with one attached hydrogen (secondary N) is 2. The number of nitrogens with two attached hydrogens (primary N) is 1. The van der Waals surface area contributed by atoms with Crippen LogP contribution in [0.5, 0.6) is 5.75 Å². The second-order valence-corrected chi connectivity index (χ2v) is 11.1. The minimum absolute atomic E-state index is 0.0300. The predicted octanol–water partition coefficient (Wildman–Crippen LogP) is 4.10. The van der Waals surface area contributed by atoms with Crippen molar-refractivity contribution in [2.75, 3.05) is 5.32 Å². The van der Waals surface area contributed by atoms with Crippen LogP contribution in [0.1, 0.15) is 62.8 Å². The number of halogens is 1. The second-order valence-electron chi connectivity index (χ2n) is 10.7. The van der Waals surface area contributed by atoms with E-state index in [-0.39, 0.29) is 11.8 Å². The van der Waals surface area contributed by atoms with Gasteiger partial charge >= 0.3 is 6.09 Å². The number of primary amides is 1. The maximum absolute atomic E-state index is 14.0. The van der Waals surface area contributed by atoms with Gasteiger partial charge in [-0.1, -0.05) is 29.8 Å². The van der Waals surface area contributed by atoms with Crippen molar-refractivity contribution in [3.8, 4) is 5.75 Å². The molecule has 1 aliphatic rings. The third-order valence-electron chi connectivity index (χ3n) is 6.12. The zero-order chi connectivity index (χ0) is 29.1. The average Bonchev–Trinajstić information content (AvgIpc) is 3.64. The van der Waals surface area contributed by atoms with E-state index in [9.17, 15) is 24.3 Å². The van der Waals surface area contributed by atoms with Gasteiger partial charge in [0.25, 0.3) is 5.91 Å². The quantitative estimate of drug-likeness (QED) is 0.364. The lowest BCUT2D eigenvalue weighted by Crippen LogP contribution is -2.54. The maximum Gasteiger partial charge on any atom is 0.408 e. The van der Waals surface area contributed by atoms with Gasteiger partial charge in [-0.2, -0.15) is 0 Å². The molecule has 0 radical (unpaired) electrons. The van der Waals surface area contributed by atoms with Crippen molar-refractivity contribution in [2.24, 2.45) is 5.73 Å². The molecule has 0 aliphatic heterocycles. The van der Waals surface area contributed by atoms with Crippen LogP contribution in [-0.4, -0.2) is 51.5 Å². The molecule has 1 saturated carbocycles. The smallest absolute Gasteiger partial charge is 0.408 e. The Hall–Kier alpha value is -3.79. The molecule has 2 aromatic carbocycles. The number of ether oxygens (including phenoxy) is 1. The molecule has 1 aliphatic carbocycles. The van der Waals surface area contributed by atoms with Crippen molar-refractivity contribution >= 4 is 41.1 Å². The molecule has 5 N–H and O–H groups in total. The van der Waals surface area contributed by atoms with Gasteiger partial charge in [0.15, 0.2) is 0 Å². The predicted molar refractivity (Wildman–Crippen MR) is 147 cm³/mol. The van der Waals surface area contributed by atoms with E-state index in [4.69, 9.17) is 22.1 Å². The largest absolute Gasteiger partial charge is 0.508 e. The summed E-state index contributed by atoms with van der Waals surface area (Å²) < 4.78 is 5.29. The summed E-state index contributed by atoms with van der Waals surface area (Å²) in [5.41, 5.74) is 6.63. The molecule has 2 unspecified atom stereocenters. The summed E-state index contributed by atoms with van der Waals surface area (Å²) in [7, 11) is 0. The average molecular weight is 559 g/mol. The Kier molecular flexibility index (Phi) is 9.11. The van der Waals surface area contributed by atoms with Crippen LogP contribution in [-0.2, 0) is 19.1 Å². The van der Waals surface area contributed by atoms with Crippen LogP contribution >= 0.6 is 11.6 Å². The molecule has 0 bridgehead atoms. The highest BCUT2D eigenvalue weighted by atomic mass is 35.5. The first kappa shape index (κ1) is 29.8. The third kappa shape index (κ3) is 7.86. The molecule has 210 valence electrons. The first-order valence-corrected chi connectivity index (χ1v) is 13.0. The van der Waals surface area contributed by atoms with Gasteiger partial charge in [0.2, 0.25) is 11.8 Å². The monoisotopic (exact) mass is 558 g/mol. The molecule has 10 nitrogen and oxygen atoms in total. The number of aromatic hydroxyl groups is 1. The van der Waals surface area contributed by atoms with Crippen molar-refractivity contribution in [1.29, 1.82) is 0 Å². The van der Waals surface area contributed by atoms with E-state index in [2.05, 4.69) is 10.6 Å². The van der Waals surface area contributed by atoms with Crippen molar-refractivity contribution < 1.29 is 29.0 Å². The second kappa shape index (κ2) is 11.9. The van der Waals surface area contributed by atoms with Crippen molar-refractivity contribution in [3.05, 3.63) is 58.1 Å². The number of aryl methyl sites for hydroxylation is 2. The topological polar surface area (TPSA) is 151 Å². The van der Waals surface area contributed by atoms with E-state index >= 15 is 0 Å². The maximum atomic E-state index is 14.0. The number of hydrogen-bond donors (Lipinski definition) is 4. The van der Waals surface area contributed by atoms with Gasteiger partial charge in [-0.3, -0.25) is 14.4 Å². The number of carbonyl (C=O) groups excluding carboxylic acids is 4. The Labute approximate surface area is 232 Å². The van der Waals surface area contributed by atoms with Gasteiger partial charge in [-0.05, 0) is 82.3 Å². The molecular formula is C28H35ClN4O6. The van der Waals surface area contributed by atoms with Crippen molar-refractivity contribution in [2.45, 2.75) is 77.6 Å². The van der Waals surface area contributed by atoms with E-state index in [1.54, 1.807) is 65.0 Å². The highest BCUT2D eigenvalue weighted by Crippen LogP contribution is 2.38. The number of amides is 4. The van der Waals surface area contributed by atoms with E-state index < -0.39 is 47.9 Å². The number of carbonyl (C=O) groups is 4. The summed E-state index contributed by atoms with van der Waals surface area (Å²) in [6, 6.07) is 6.94. The summed E-state index contributed by atoms with van der Waals surface area (Å²) >= 11 is 6.36. The standard InChI is InChI=1S/C28H35ClN4O6/c1-15-7-6-8-19(29)23(15)32-25(36)24(17-9-12-21(34)16(2)13-17)33(18-10-11-18)26(37)20(14-22(30)35)31-27(38)39-28(3,4)5/h6-9,12-13,18,20,24,34H,10-11,14H2,1-5H3,(H2,30,35)(H,31,38)(H,32,36). The fraction of sp³-hybridized carbons (Fsp3) is 0.429. The molecule has 0 saturated heterocycles. The van der Waals surface area contributed by atoms with Gasteiger partial charge in [-0.25, -0.2) is 4.79 Å². The van der Waals surface area contributed by atoms with E-state index in [1.807, 2.05) is 0 Å². The zero-order valence-electron chi connectivity index (χ0n) is 22.7. The SMILES string of the molecule is Cc1cc(C(C(=O)Nc2c(C)cccc2Cl)N(C(=O)C(CC(N)=O)NC(=O)OC(C)(C)C)C2CC2)ccc1O. The highest BCUT2D eigenvalue weighted by molar-refractivity contribution is 6.34. The minimum atomic E-state index is -1.37. The van der Waals surface area contributed by atoms with E-state index in [1.165, 1.54) is 11.0 Å². The summed E-state index contributed by atoms with van der Waals surface area (Å²) in [4.78, 5) is 53.8. The molecule has 2 aromatic rings. The molecule has 3 rings (SSSR count). The highest BCUT2D eigenvalue weighted by Gasteiger charge is 2.44. The fourth-order valence-corrected chi connectivity index (χ4v) is 4.44. The fourth-order valence-electron chi connectivity index (χ4n) is 4.17. The summed E-state index contributed by atoms with van der Waals surface area (Å²) in [6.45, 7) is 8.46. The normalized spacial score (nSPS) is 14.6. The van der Waals surface area contributed by atoms with Gasteiger partial charge in [0, 0.05) is 6.04 Å². The Morgan fingerprint density at radius 3 is 2.33 bits per heavy atom. The van der Waals surface area contributed by atoms with Crippen LogP contribution < -0.4 is 16.4 Å². The molecule has 1 fully saturated rings. The molecule has 0 aromatic heterocycles. The van der Waals surface area contributed by atoms with Crippen LogP contribution in [0.25, 0.3) is 0 Å². The molecule has 2 atom stereocenters. The molecule has 0 spiro atoms.